The summed E-state index contributed by atoms with van der Waals surface area (Å²) in [6.07, 6.45) is 0.839. The van der Waals surface area contributed by atoms with Gasteiger partial charge in [0.15, 0.2) is 18.1 Å². The molecule has 0 aliphatic rings. The number of methoxy groups -OCH3 is 2. The molecule has 0 radical (unpaired) electrons. The summed E-state index contributed by atoms with van der Waals surface area (Å²) in [4.78, 5) is 10.9. The summed E-state index contributed by atoms with van der Waals surface area (Å²) in [7, 11) is 3.25. The molecule has 0 bridgehead atoms. The summed E-state index contributed by atoms with van der Waals surface area (Å²) in [6, 6.07) is 11.5. The van der Waals surface area contributed by atoms with Crippen molar-refractivity contribution in [2.45, 2.75) is 13.0 Å². The van der Waals surface area contributed by atoms with Crippen molar-refractivity contribution in [1.29, 1.82) is 0 Å². The first-order valence-electron chi connectivity index (χ1n) is 8.14. The van der Waals surface area contributed by atoms with E-state index < -0.39 is 5.91 Å². The molecule has 26 heavy (non-hydrogen) atoms. The van der Waals surface area contributed by atoms with Crippen LogP contribution in [0.2, 0.25) is 0 Å². The number of hydrogen-bond donors (Lipinski definition) is 2. The van der Waals surface area contributed by atoms with Gasteiger partial charge in [0.05, 0.1) is 14.2 Å². The fourth-order valence-corrected chi connectivity index (χ4v) is 2.88. The smallest absolute Gasteiger partial charge is 0.255 e. The molecule has 0 atom stereocenters. The minimum Gasteiger partial charge on any atom is -0.493 e. The topological polar surface area (TPSA) is 82.8 Å². The van der Waals surface area contributed by atoms with Crippen molar-refractivity contribution in [2.24, 2.45) is 5.73 Å². The summed E-state index contributed by atoms with van der Waals surface area (Å²) in [5.41, 5.74) is 7.24. The summed E-state index contributed by atoms with van der Waals surface area (Å²) in [6.45, 7) is 1.25. The average molecular weight is 423 g/mol. The Morgan fingerprint density at radius 3 is 2.50 bits per heavy atom. The van der Waals surface area contributed by atoms with E-state index in [-0.39, 0.29) is 6.61 Å². The lowest BCUT2D eigenvalue weighted by atomic mass is 10.1. The van der Waals surface area contributed by atoms with Gasteiger partial charge in [0.1, 0.15) is 5.75 Å². The zero-order valence-corrected chi connectivity index (χ0v) is 16.5. The highest BCUT2D eigenvalue weighted by Crippen LogP contribution is 2.27. The molecule has 0 saturated heterocycles. The third kappa shape index (κ3) is 5.93. The molecule has 6 nitrogen and oxygen atoms in total. The number of nitrogens with two attached hydrogens (primary N) is 1. The summed E-state index contributed by atoms with van der Waals surface area (Å²) >= 11 is 3.45. The van der Waals surface area contributed by atoms with Gasteiger partial charge in [0.25, 0.3) is 5.91 Å². The first-order valence-corrected chi connectivity index (χ1v) is 8.94. The predicted octanol–water partition coefficient (Wildman–Crippen LogP) is 2.66. The zero-order chi connectivity index (χ0) is 18.9. The van der Waals surface area contributed by atoms with Gasteiger partial charge in [-0.15, -0.1) is 0 Å². The standard InChI is InChI=1S/C19H23BrN2O4/c1-24-17-5-3-13(9-18(17)25-2)7-8-22-11-14-10-15(20)4-6-16(14)26-12-19(21)23/h3-6,9-10,22H,7-8,11-12H2,1-2H3,(H2,21,23). The Balaban J connectivity index is 1.91. The number of ether oxygens (including phenoxy) is 3. The molecular formula is C19H23BrN2O4. The van der Waals surface area contributed by atoms with Crippen LogP contribution in [0.1, 0.15) is 11.1 Å². The molecule has 0 saturated carbocycles. The summed E-state index contributed by atoms with van der Waals surface area (Å²) < 4.78 is 17.0. The van der Waals surface area contributed by atoms with Gasteiger partial charge in [-0.1, -0.05) is 22.0 Å². The Morgan fingerprint density at radius 2 is 1.81 bits per heavy atom. The summed E-state index contributed by atoms with van der Waals surface area (Å²) in [5.74, 6) is 1.58. The molecular weight excluding hydrogens is 400 g/mol. The van der Waals surface area contributed by atoms with Crippen LogP contribution in [-0.2, 0) is 17.8 Å². The second kappa shape index (κ2) is 10.0. The molecule has 0 aliphatic heterocycles. The van der Waals surface area contributed by atoms with Crippen molar-refractivity contribution >= 4 is 21.8 Å². The fraction of sp³-hybridized carbons (Fsp3) is 0.316. The fourth-order valence-electron chi connectivity index (χ4n) is 2.47. The van der Waals surface area contributed by atoms with Crippen molar-refractivity contribution < 1.29 is 19.0 Å². The maximum atomic E-state index is 10.9. The van der Waals surface area contributed by atoms with E-state index in [4.69, 9.17) is 19.9 Å². The second-order valence-electron chi connectivity index (χ2n) is 5.62. The Labute approximate surface area is 161 Å². The number of carbonyl (C=O) groups excluding carboxylic acids is 1. The van der Waals surface area contributed by atoms with Gasteiger partial charge in [0.2, 0.25) is 0 Å². The van der Waals surface area contributed by atoms with E-state index in [1.807, 2.05) is 36.4 Å². The first kappa shape index (κ1) is 20.1. The number of halogens is 1. The van der Waals surface area contributed by atoms with Gasteiger partial charge in [-0.2, -0.15) is 0 Å². The second-order valence-corrected chi connectivity index (χ2v) is 6.54. The number of primary amides is 1. The molecule has 2 rings (SSSR count). The average Bonchev–Trinajstić information content (AvgIpc) is 2.64. The Bertz CT molecular complexity index is 752. The van der Waals surface area contributed by atoms with Gasteiger partial charge in [-0.05, 0) is 48.9 Å². The third-order valence-electron chi connectivity index (χ3n) is 3.75. The highest BCUT2D eigenvalue weighted by Gasteiger charge is 2.07. The van der Waals surface area contributed by atoms with Crippen LogP contribution in [0.5, 0.6) is 17.2 Å². The van der Waals surface area contributed by atoms with Gasteiger partial charge in [0, 0.05) is 16.6 Å². The van der Waals surface area contributed by atoms with E-state index >= 15 is 0 Å². The SMILES string of the molecule is COc1ccc(CCNCc2cc(Br)ccc2OCC(N)=O)cc1OC. The lowest BCUT2D eigenvalue weighted by Gasteiger charge is -2.13. The normalized spacial score (nSPS) is 10.4. The maximum Gasteiger partial charge on any atom is 0.255 e. The van der Waals surface area contributed by atoms with Crippen molar-refractivity contribution in [3.63, 3.8) is 0 Å². The molecule has 0 fully saturated rings. The lowest BCUT2D eigenvalue weighted by molar-refractivity contribution is -0.119. The number of amides is 1. The van der Waals surface area contributed by atoms with Crippen LogP contribution in [-0.4, -0.2) is 33.3 Å². The van der Waals surface area contributed by atoms with E-state index in [9.17, 15) is 4.79 Å². The number of carbonyl (C=O) groups is 1. The Morgan fingerprint density at radius 1 is 1.08 bits per heavy atom. The molecule has 7 heteroatoms. The van der Waals surface area contributed by atoms with Crippen LogP contribution in [0.25, 0.3) is 0 Å². The Hall–Kier alpha value is -2.25. The van der Waals surface area contributed by atoms with Crippen molar-refractivity contribution in [3.8, 4) is 17.2 Å². The van der Waals surface area contributed by atoms with E-state index in [2.05, 4.69) is 21.2 Å². The van der Waals surface area contributed by atoms with Crippen LogP contribution in [0.3, 0.4) is 0 Å². The molecule has 0 spiro atoms. The molecule has 2 aromatic carbocycles. The van der Waals surface area contributed by atoms with Gasteiger partial charge in [-0.25, -0.2) is 0 Å². The van der Waals surface area contributed by atoms with Crippen molar-refractivity contribution in [2.75, 3.05) is 27.4 Å². The number of hydrogen-bond acceptors (Lipinski definition) is 5. The van der Waals surface area contributed by atoms with Gasteiger partial charge in [-0.3, -0.25) is 4.79 Å². The van der Waals surface area contributed by atoms with Crippen LogP contribution in [0.15, 0.2) is 40.9 Å². The first-order chi connectivity index (χ1) is 12.5. The molecule has 2 aromatic rings. The zero-order valence-electron chi connectivity index (χ0n) is 14.9. The van der Waals surface area contributed by atoms with Crippen LogP contribution in [0, 0.1) is 0 Å². The van der Waals surface area contributed by atoms with E-state index in [0.717, 1.165) is 40.1 Å². The minimum atomic E-state index is -0.500. The molecule has 1 amide bonds. The maximum absolute atomic E-state index is 10.9. The van der Waals surface area contributed by atoms with E-state index in [0.29, 0.717) is 12.3 Å². The highest BCUT2D eigenvalue weighted by molar-refractivity contribution is 9.10. The lowest BCUT2D eigenvalue weighted by Crippen LogP contribution is -2.21. The van der Waals surface area contributed by atoms with Crippen molar-refractivity contribution in [3.05, 3.63) is 52.0 Å². The largest absolute Gasteiger partial charge is 0.493 e. The van der Waals surface area contributed by atoms with E-state index in [1.165, 1.54) is 0 Å². The highest BCUT2D eigenvalue weighted by atomic mass is 79.9. The van der Waals surface area contributed by atoms with Crippen molar-refractivity contribution in [1.82, 2.24) is 5.32 Å². The Kier molecular flexibility index (Phi) is 7.74. The molecule has 0 heterocycles. The quantitative estimate of drug-likeness (QED) is 0.575. The molecule has 3 N–H and O–H groups in total. The van der Waals surface area contributed by atoms with Crippen LogP contribution < -0.4 is 25.3 Å². The number of nitrogens with one attached hydrogen (secondary N) is 1. The molecule has 140 valence electrons. The molecule has 0 aromatic heterocycles. The van der Waals surface area contributed by atoms with E-state index in [1.54, 1.807) is 14.2 Å². The van der Waals surface area contributed by atoms with Crippen LogP contribution in [0.4, 0.5) is 0 Å². The number of rotatable bonds is 10. The van der Waals surface area contributed by atoms with Gasteiger partial charge >= 0.3 is 0 Å². The summed E-state index contributed by atoms with van der Waals surface area (Å²) in [5, 5.41) is 3.38. The number of benzene rings is 2. The molecule has 0 aliphatic carbocycles. The monoisotopic (exact) mass is 422 g/mol. The van der Waals surface area contributed by atoms with Gasteiger partial charge < -0.3 is 25.3 Å². The third-order valence-corrected chi connectivity index (χ3v) is 4.24. The minimum absolute atomic E-state index is 0.139. The molecule has 0 unspecified atom stereocenters. The van der Waals surface area contributed by atoms with Crippen LogP contribution >= 0.6 is 15.9 Å². The predicted molar refractivity (Wildman–Crippen MR) is 104 cm³/mol.